The van der Waals surface area contributed by atoms with Crippen LogP contribution in [0.25, 0.3) is 0 Å². The number of benzene rings is 1. The average molecular weight is 223 g/mol. The summed E-state index contributed by atoms with van der Waals surface area (Å²) in [6, 6.07) is 6.38. The molecule has 16 heavy (non-hydrogen) atoms. The fourth-order valence-electron chi connectivity index (χ4n) is 1.52. The molecule has 0 saturated carbocycles. The minimum atomic E-state index is -0.404. The summed E-state index contributed by atoms with van der Waals surface area (Å²) in [5.74, 6) is 0. The number of hydrogen-bond acceptors (Lipinski definition) is 5. The number of hydrazine groups is 1. The van der Waals surface area contributed by atoms with Gasteiger partial charge in [0.25, 0.3) is 5.69 Å². The zero-order valence-corrected chi connectivity index (χ0v) is 8.76. The summed E-state index contributed by atoms with van der Waals surface area (Å²) in [6.07, 6.45) is 0. The van der Waals surface area contributed by atoms with E-state index in [4.69, 9.17) is 4.74 Å². The van der Waals surface area contributed by atoms with Gasteiger partial charge in [0.15, 0.2) is 0 Å². The molecule has 1 heterocycles. The second-order valence-corrected chi connectivity index (χ2v) is 3.52. The third kappa shape index (κ3) is 2.68. The van der Waals surface area contributed by atoms with Gasteiger partial charge in [-0.3, -0.25) is 10.1 Å². The van der Waals surface area contributed by atoms with Gasteiger partial charge in [-0.25, -0.2) is 5.01 Å². The van der Waals surface area contributed by atoms with Gasteiger partial charge in [0.05, 0.1) is 18.1 Å². The summed E-state index contributed by atoms with van der Waals surface area (Å²) < 4.78 is 5.22. The summed E-state index contributed by atoms with van der Waals surface area (Å²) in [6.45, 7) is 3.05. The number of nitro benzene ring substituents is 1. The van der Waals surface area contributed by atoms with E-state index in [0.29, 0.717) is 13.2 Å². The quantitative estimate of drug-likeness (QED) is 0.617. The molecule has 0 aromatic heterocycles. The number of hydrogen-bond donors (Lipinski definition) is 1. The summed E-state index contributed by atoms with van der Waals surface area (Å²) in [5.41, 5.74) is 4.14. The van der Waals surface area contributed by atoms with Crippen LogP contribution in [-0.2, 0) is 4.74 Å². The van der Waals surface area contributed by atoms with E-state index in [0.717, 1.165) is 18.8 Å². The molecular weight excluding hydrogens is 210 g/mol. The lowest BCUT2D eigenvalue weighted by molar-refractivity contribution is -0.384. The van der Waals surface area contributed by atoms with Gasteiger partial charge < -0.3 is 10.2 Å². The molecule has 0 radical (unpaired) electrons. The standard InChI is InChI=1S/C10H13N3O3/c14-13(15)10-3-1-9(2-4-10)11-12-5-7-16-8-6-12/h1-4,11H,5-8H2. The first-order valence-corrected chi connectivity index (χ1v) is 5.09. The molecule has 1 saturated heterocycles. The Kier molecular flexibility index (Phi) is 3.33. The number of anilines is 1. The van der Waals surface area contributed by atoms with Crippen molar-refractivity contribution in [3.8, 4) is 0 Å². The summed E-state index contributed by atoms with van der Waals surface area (Å²) in [7, 11) is 0. The lowest BCUT2D eigenvalue weighted by Crippen LogP contribution is -2.40. The Bertz CT molecular complexity index is 360. The van der Waals surface area contributed by atoms with E-state index in [1.165, 1.54) is 12.1 Å². The van der Waals surface area contributed by atoms with Gasteiger partial charge in [-0.05, 0) is 12.1 Å². The Morgan fingerprint density at radius 3 is 2.44 bits per heavy atom. The number of nitro groups is 1. The topological polar surface area (TPSA) is 67.6 Å². The molecule has 0 aliphatic carbocycles. The normalized spacial score (nSPS) is 17.0. The maximum atomic E-state index is 10.5. The molecule has 6 heteroatoms. The Morgan fingerprint density at radius 1 is 1.25 bits per heavy atom. The third-order valence-corrected chi connectivity index (χ3v) is 2.38. The minimum absolute atomic E-state index is 0.104. The fourth-order valence-corrected chi connectivity index (χ4v) is 1.52. The number of nitrogens with zero attached hydrogens (tertiary/aromatic N) is 2. The van der Waals surface area contributed by atoms with Gasteiger partial charge in [0.2, 0.25) is 0 Å². The average Bonchev–Trinajstić information content (AvgIpc) is 2.31. The van der Waals surface area contributed by atoms with Crippen molar-refractivity contribution in [3.63, 3.8) is 0 Å². The molecule has 1 aromatic carbocycles. The number of nitrogens with one attached hydrogen (secondary N) is 1. The number of non-ortho nitro benzene ring substituents is 1. The van der Waals surface area contributed by atoms with Crippen molar-refractivity contribution in [1.82, 2.24) is 5.01 Å². The molecule has 0 spiro atoms. The predicted molar refractivity (Wildman–Crippen MR) is 59.1 cm³/mol. The molecule has 0 bridgehead atoms. The Hall–Kier alpha value is -1.66. The second kappa shape index (κ2) is 4.91. The fraction of sp³-hybridized carbons (Fsp3) is 0.400. The molecule has 1 fully saturated rings. The van der Waals surface area contributed by atoms with Crippen molar-refractivity contribution in [3.05, 3.63) is 34.4 Å². The van der Waals surface area contributed by atoms with Gasteiger partial charge in [0, 0.05) is 30.9 Å². The smallest absolute Gasteiger partial charge is 0.269 e. The van der Waals surface area contributed by atoms with Crippen LogP contribution in [0.3, 0.4) is 0 Å². The van der Waals surface area contributed by atoms with E-state index < -0.39 is 4.92 Å². The van der Waals surface area contributed by atoms with Crippen LogP contribution in [0.5, 0.6) is 0 Å². The molecule has 86 valence electrons. The maximum absolute atomic E-state index is 10.5. The van der Waals surface area contributed by atoms with Crippen molar-refractivity contribution in [2.24, 2.45) is 0 Å². The molecular formula is C10H13N3O3. The van der Waals surface area contributed by atoms with Crippen molar-refractivity contribution in [2.75, 3.05) is 31.7 Å². The van der Waals surface area contributed by atoms with Crippen LogP contribution in [0.4, 0.5) is 11.4 Å². The highest BCUT2D eigenvalue weighted by molar-refractivity contribution is 5.47. The van der Waals surface area contributed by atoms with Gasteiger partial charge in [0.1, 0.15) is 0 Å². The zero-order chi connectivity index (χ0) is 11.4. The highest BCUT2D eigenvalue weighted by atomic mass is 16.6. The van der Waals surface area contributed by atoms with Gasteiger partial charge in [-0.2, -0.15) is 0 Å². The van der Waals surface area contributed by atoms with Gasteiger partial charge in [-0.1, -0.05) is 0 Å². The van der Waals surface area contributed by atoms with Crippen molar-refractivity contribution < 1.29 is 9.66 Å². The van der Waals surface area contributed by atoms with Crippen molar-refractivity contribution in [2.45, 2.75) is 0 Å². The van der Waals surface area contributed by atoms with E-state index in [9.17, 15) is 10.1 Å². The Labute approximate surface area is 92.9 Å². The summed E-state index contributed by atoms with van der Waals surface area (Å²) >= 11 is 0. The van der Waals surface area contributed by atoms with E-state index in [1.54, 1.807) is 12.1 Å². The first kappa shape index (κ1) is 10.8. The number of rotatable bonds is 3. The third-order valence-electron chi connectivity index (χ3n) is 2.38. The first-order valence-electron chi connectivity index (χ1n) is 5.09. The predicted octanol–water partition coefficient (Wildman–Crippen LogP) is 1.25. The minimum Gasteiger partial charge on any atom is -0.379 e. The van der Waals surface area contributed by atoms with E-state index in [1.807, 2.05) is 5.01 Å². The Morgan fingerprint density at radius 2 is 1.88 bits per heavy atom. The Balaban J connectivity index is 1.96. The SMILES string of the molecule is O=[N+]([O-])c1ccc(NN2CCOCC2)cc1. The largest absolute Gasteiger partial charge is 0.379 e. The van der Waals surface area contributed by atoms with Gasteiger partial charge in [-0.15, -0.1) is 0 Å². The molecule has 1 aliphatic rings. The van der Waals surface area contributed by atoms with Crippen LogP contribution in [0.15, 0.2) is 24.3 Å². The monoisotopic (exact) mass is 223 g/mol. The lowest BCUT2D eigenvalue weighted by atomic mass is 10.3. The van der Waals surface area contributed by atoms with Crippen LogP contribution in [0, 0.1) is 10.1 Å². The van der Waals surface area contributed by atoms with Crippen molar-refractivity contribution >= 4 is 11.4 Å². The van der Waals surface area contributed by atoms with Crippen LogP contribution >= 0.6 is 0 Å². The molecule has 0 amide bonds. The molecule has 6 nitrogen and oxygen atoms in total. The highest BCUT2D eigenvalue weighted by Gasteiger charge is 2.10. The van der Waals surface area contributed by atoms with Crippen molar-refractivity contribution in [1.29, 1.82) is 0 Å². The molecule has 1 N–H and O–H groups in total. The maximum Gasteiger partial charge on any atom is 0.269 e. The van der Waals surface area contributed by atoms with Crippen LogP contribution in [0.2, 0.25) is 0 Å². The molecule has 2 rings (SSSR count). The molecule has 1 aromatic rings. The van der Waals surface area contributed by atoms with Gasteiger partial charge >= 0.3 is 0 Å². The second-order valence-electron chi connectivity index (χ2n) is 3.52. The molecule has 0 atom stereocenters. The first-order chi connectivity index (χ1) is 7.75. The van der Waals surface area contributed by atoms with E-state index >= 15 is 0 Å². The number of morpholine rings is 1. The van der Waals surface area contributed by atoms with Crippen LogP contribution in [0.1, 0.15) is 0 Å². The summed E-state index contributed by atoms with van der Waals surface area (Å²) in [5, 5.41) is 12.5. The highest BCUT2D eigenvalue weighted by Crippen LogP contribution is 2.16. The van der Waals surface area contributed by atoms with Crippen LogP contribution in [-0.4, -0.2) is 36.2 Å². The zero-order valence-electron chi connectivity index (χ0n) is 8.76. The van der Waals surface area contributed by atoms with E-state index in [-0.39, 0.29) is 5.69 Å². The molecule has 1 aliphatic heterocycles. The molecule has 0 unspecified atom stereocenters. The number of ether oxygens (including phenoxy) is 1. The summed E-state index contributed by atoms with van der Waals surface area (Å²) in [4.78, 5) is 10.1. The lowest BCUT2D eigenvalue weighted by Gasteiger charge is -2.27. The van der Waals surface area contributed by atoms with Crippen LogP contribution < -0.4 is 5.43 Å². The van der Waals surface area contributed by atoms with E-state index in [2.05, 4.69) is 5.43 Å².